The van der Waals surface area contributed by atoms with Crippen molar-refractivity contribution in [1.82, 2.24) is 0 Å². The lowest BCUT2D eigenvalue weighted by atomic mass is 10.2. The molecule has 1 aliphatic rings. The summed E-state index contributed by atoms with van der Waals surface area (Å²) >= 11 is 9.89. The first kappa shape index (κ1) is 7.95. The van der Waals surface area contributed by atoms with Gasteiger partial charge in [0.05, 0.1) is 0 Å². The average Bonchev–Trinajstić information content (AvgIpc) is 2.28. The molecule has 1 N–H and O–H groups in total. The molecular weight excluding hydrogens is 194 g/mol. The third kappa shape index (κ3) is 1.09. The van der Waals surface area contributed by atoms with E-state index in [4.69, 9.17) is 11.6 Å². The molecule has 0 aromatic heterocycles. The summed E-state index contributed by atoms with van der Waals surface area (Å²) in [6.07, 6.45) is 0. The van der Waals surface area contributed by atoms with Crippen LogP contribution in [-0.2, 0) is 4.79 Å². The highest BCUT2D eigenvalue weighted by atomic mass is 35.5. The Morgan fingerprint density at radius 3 is 3.00 bits per heavy atom. The topological polar surface area (TPSA) is 29.1 Å². The number of nitrogens with one attached hydrogen (secondary N) is 1. The van der Waals surface area contributed by atoms with Gasteiger partial charge in [-0.2, -0.15) is 12.6 Å². The molecule has 0 fully saturated rings. The Morgan fingerprint density at radius 1 is 1.50 bits per heavy atom. The molecule has 4 heteroatoms. The highest BCUT2D eigenvalue weighted by Crippen LogP contribution is 2.36. The van der Waals surface area contributed by atoms with Gasteiger partial charge in [0.1, 0.15) is 5.25 Å². The van der Waals surface area contributed by atoms with Crippen molar-refractivity contribution in [2.75, 3.05) is 5.32 Å². The molecule has 1 aromatic carbocycles. The van der Waals surface area contributed by atoms with Gasteiger partial charge in [-0.25, -0.2) is 0 Å². The zero-order valence-corrected chi connectivity index (χ0v) is 7.69. The molecule has 0 aliphatic carbocycles. The van der Waals surface area contributed by atoms with Gasteiger partial charge in [-0.3, -0.25) is 4.79 Å². The Morgan fingerprint density at radius 2 is 2.25 bits per heavy atom. The second-order valence-corrected chi connectivity index (χ2v) is 3.58. The maximum Gasteiger partial charge on any atom is 0.241 e. The second kappa shape index (κ2) is 2.68. The van der Waals surface area contributed by atoms with Gasteiger partial charge in [-0.1, -0.05) is 17.7 Å². The van der Waals surface area contributed by atoms with Crippen LogP contribution in [0, 0.1) is 0 Å². The summed E-state index contributed by atoms with van der Waals surface area (Å²) < 4.78 is 0. The molecular formula is C8H6ClNOS. The van der Waals surface area contributed by atoms with E-state index in [0.717, 1.165) is 11.3 Å². The molecule has 2 nitrogen and oxygen atoms in total. The second-order valence-electron chi connectivity index (χ2n) is 2.62. The van der Waals surface area contributed by atoms with E-state index in [1.54, 1.807) is 12.1 Å². The van der Waals surface area contributed by atoms with Crippen molar-refractivity contribution in [3.05, 3.63) is 28.8 Å². The molecule has 1 aromatic rings. The number of hydrogen-bond acceptors (Lipinski definition) is 2. The lowest BCUT2D eigenvalue weighted by Crippen LogP contribution is -2.06. The summed E-state index contributed by atoms with van der Waals surface area (Å²) in [6, 6.07) is 5.29. The van der Waals surface area contributed by atoms with Gasteiger partial charge in [0.15, 0.2) is 0 Å². The van der Waals surface area contributed by atoms with E-state index >= 15 is 0 Å². The summed E-state index contributed by atoms with van der Waals surface area (Å²) in [4.78, 5) is 11.1. The molecule has 0 radical (unpaired) electrons. The van der Waals surface area contributed by atoms with Crippen molar-refractivity contribution in [2.24, 2.45) is 0 Å². The number of rotatable bonds is 0. The number of amides is 1. The highest BCUT2D eigenvalue weighted by molar-refractivity contribution is 7.81. The molecule has 1 amide bonds. The SMILES string of the molecule is O=C1Nc2cc(Cl)ccc2C1S. The van der Waals surface area contributed by atoms with E-state index in [9.17, 15) is 4.79 Å². The molecule has 1 atom stereocenters. The van der Waals surface area contributed by atoms with Crippen LogP contribution in [0.4, 0.5) is 5.69 Å². The molecule has 0 saturated carbocycles. The van der Waals surface area contributed by atoms with Gasteiger partial charge in [0.25, 0.3) is 0 Å². The minimum absolute atomic E-state index is 0.0874. The van der Waals surface area contributed by atoms with Crippen molar-refractivity contribution < 1.29 is 4.79 Å². The normalized spacial score (nSPS) is 20.5. The molecule has 1 aliphatic heterocycles. The summed E-state index contributed by atoms with van der Waals surface area (Å²) in [6.45, 7) is 0. The van der Waals surface area contributed by atoms with Gasteiger partial charge in [-0.15, -0.1) is 0 Å². The Labute approximate surface area is 80.3 Å². The molecule has 0 spiro atoms. The third-order valence-corrected chi connectivity index (χ3v) is 2.56. The van der Waals surface area contributed by atoms with Crippen molar-refractivity contribution in [2.45, 2.75) is 5.25 Å². The van der Waals surface area contributed by atoms with Crippen molar-refractivity contribution in [3.8, 4) is 0 Å². The van der Waals surface area contributed by atoms with Crippen LogP contribution >= 0.6 is 24.2 Å². The number of thiol groups is 1. The highest BCUT2D eigenvalue weighted by Gasteiger charge is 2.26. The summed E-state index contributed by atoms with van der Waals surface area (Å²) in [7, 11) is 0. The van der Waals surface area contributed by atoms with Crippen LogP contribution in [0.1, 0.15) is 10.8 Å². The molecule has 1 unspecified atom stereocenters. The summed E-state index contributed by atoms with van der Waals surface area (Å²) in [5, 5.41) is 2.96. The average molecular weight is 200 g/mol. The maximum absolute atomic E-state index is 11.1. The zero-order valence-electron chi connectivity index (χ0n) is 6.04. The van der Waals surface area contributed by atoms with Crippen LogP contribution in [0.5, 0.6) is 0 Å². The third-order valence-electron chi connectivity index (χ3n) is 1.82. The summed E-state index contributed by atoms with van der Waals surface area (Å²) in [5.74, 6) is -0.0874. The number of anilines is 1. The predicted molar refractivity (Wildman–Crippen MR) is 51.8 cm³/mol. The molecule has 1 heterocycles. The number of fused-ring (bicyclic) bond motifs is 1. The standard InChI is InChI=1S/C8H6ClNOS/c9-4-1-2-5-6(3-4)10-8(11)7(5)12/h1-3,7,12H,(H,10,11). The Balaban J connectivity index is 2.54. The van der Waals surface area contributed by atoms with E-state index in [1.807, 2.05) is 6.07 Å². The van der Waals surface area contributed by atoms with E-state index < -0.39 is 0 Å². The lowest BCUT2D eigenvalue weighted by Gasteiger charge is -1.98. The number of hydrogen-bond donors (Lipinski definition) is 2. The van der Waals surface area contributed by atoms with Crippen LogP contribution in [0.15, 0.2) is 18.2 Å². The fraction of sp³-hybridized carbons (Fsp3) is 0.125. The number of benzene rings is 1. The van der Waals surface area contributed by atoms with Crippen LogP contribution < -0.4 is 5.32 Å². The first-order chi connectivity index (χ1) is 5.68. The summed E-state index contributed by atoms with van der Waals surface area (Å²) in [5.41, 5.74) is 1.67. The van der Waals surface area contributed by atoms with Crippen molar-refractivity contribution in [3.63, 3.8) is 0 Å². The molecule has 2 rings (SSSR count). The van der Waals surface area contributed by atoms with E-state index in [-0.39, 0.29) is 11.2 Å². The number of carbonyl (C=O) groups is 1. The quantitative estimate of drug-likeness (QED) is 0.617. The van der Waals surface area contributed by atoms with E-state index in [2.05, 4.69) is 17.9 Å². The van der Waals surface area contributed by atoms with Crippen LogP contribution in [0.3, 0.4) is 0 Å². The molecule has 0 saturated heterocycles. The lowest BCUT2D eigenvalue weighted by molar-refractivity contribution is -0.115. The van der Waals surface area contributed by atoms with E-state index in [0.29, 0.717) is 5.02 Å². The van der Waals surface area contributed by atoms with Gasteiger partial charge in [0, 0.05) is 10.7 Å². The Kier molecular flexibility index (Phi) is 1.77. The van der Waals surface area contributed by atoms with Gasteiger partial charge in [0.2, 0.25) is 5.91 Å². The predicted octanol–water partition coefficient (Wildman–Crippen LogP) is 2.26. The van der Waals surface area contributed by atoms with Gasteiger partial charge in [-0.05, 0) is 17.7 Å². The van der Waals surface area contributed by atoms with Crippen molar-refractivity contribution >= 4 is 35.8 Å². The van der Waals surface area contributed by atoms with E-state index in [1.165, 1.54) is 0 Å². The first-order valence-corrected chi connectivity index (χ1v) is 4.36. The van der Waals surface area contributed by atoms with Gasteiger partial charge < -0.3 is 5.32 Å². The fourth-order valence-electron chi connectivity index (χ4n) is 1.22. The maximum atomic E-state index is 11.1. The molecule has 12 heavy (non-hydrogen) atoms. The largest absolute Gasteiger partial charge is 0.324 e. The zero-order chi connectivity index (χ0) is 8.72. The van der Waals surface area contributed by atoms with Crippen LogP contribution in [0.2, 0.25) is 5.02 Å². The first-order valence-electron chi connectivity index (χ1n) is 3.47. The van der Waals surface area contributed by atoms with Crippen LogP contribution in [0.25, 0.3) is 0 Å². The Bertz CT molecular complexity index is 353. The number of carbonyl (C=O) groups excluding carboxylic acids is 1. The molecule has 62 valence electrons. The molecule has 0 bridgehead atoms. The minimum atomic E-state index is -0.350. The smallest absolute Gasteiger partial charge is 0.241 e. The van der Waals surface area contributed by atoms with Crippen molar-refractivity contribution in [1.29, 1.82) is 0 Å². The fourth-order valence-corrected chi connectivity index (χ4v) is 1.68. The number of halogens is 1. The van der Waals surface area contributed by atoms with Gasteiger partial charge >= 0.3 is 0 Å². The van der Waals surface area contributed by atoms with Crippen LogP contribution in [-0.4, -0.2) is 5.91 Å². The Hall–Kier alpha value is -0.670. The minimum Gasteiger partial charge on any atom is -0.324 e. The monoisotopic (exact) mass is 199 g/mol.